The fourth-order valence-electron chi connectivity index (χ4n) is 2.52. The van der Waals surface area contributed by atoms with Gasteiger partial charge in [-0.1, -0.05) is 11.3 Å². The van der Waals surface area contributed by atoms with Crippen molar-refractivity contribution in [2.24, 2.45) is 0 Å². The Hall–Kier alpha value is -2.49. The van der Waals surface area contributed by atoms with Crippen LogP contribution in [0.4, 0.5) is 5.13 Å². The second kappa shape index (κ2) is 9.63. The van der Waals surface area contributed by atoms with E-state index in [0.29, 0.717) is 35.2 Å². The molecule has 0 saturated heterocycles. The number of halogens is 1. The Bertz CT molecular complexity index is 895. The lowest BCUT2D eigenvalue weighted by atomic mass is 10.3. The molecule has 0 fully saturated rings. The van der Waals surface area contributed by atoms with Crippen molar-refractivity contribution in [2.75, 3.05) is 46.3 Å². The molecule has 2 aromatic heterocycles. The Kier molecular flexibility index (Phi) is 7.50. The van der Waals surface area contributed by atoms with Gasteiger partial charge in [-0.25, -0.2) is 9.97 Å². The van der Waals surface area contributed by atoms with Crippen molar-refractivity contribution in [3.63, 3.8) is 0 Å². The van der Waals surface area contributed by atoms with Gasteiger partial charge < -0.3 is 14.4 Å². The first-order chi connectivity index (χ1) is 13.0. The van der Waals surface area contributed by atoms with Crippen molar-refractivity contribution in [1.29, 1.82) is 0 Å². The third kappa shape index (κ3) is 4.49. The number of aromatic nitrogens is 3. The number of benzene rings is 1. The second-order valence-corrected chi connectivity index (χ2v) is 6.97. The minimum Gasteiger partial charge on any atom is -0.495 e. The molecule has 2 heterocycles. The third-order valence-electron chi connectivity index (χ3n) is 3.93. The summed E-state index contributed by atoms with van der Waals surface area (Å²) in [6.07, 6.45) is 4.50. The van der Waals surface area contributed by atoms with Crippen LogP contribution in [0.3, 0.4) is 0 Å². The molecule has 0 unspecified atom stereocenters. The summed E-state index contributed by atoms with van der Waals surface area (Å²) in [5, 5.41) is 0.560. The zero-order chi connectivity index (χ0) is 19.4. The van der Waals surface area contributed by atoms with Crippen molar-refractivity contribution in [2.45, 2.75) is 0 Å². The number of hydrogen-bond donors (Lipinski definition) is 0. The number of hydrogen-bond acceptors (Lipinski definition) is 8. The number of carbonyl (C=O) groups is 1. The highest BCUT2D eigenvalue weighted by Gasteiger charge is 2.24. The van der Waals surface area contributed by atoms with Gasteiger partial charge in [-0.15, -0.1) is 12.4 Å². The zero-order valence-corrected chi connectivity index (χ0v) is 17.7. The Balaban J connectivity index is 0.00000280. The summed E-state index contributed by atoms with van der Waals surface area (Å²) in [4.78, 5) is 29.5. The maximum absolute atomic E-state index is 13.1. The van der Waals surface area contributed by atoms with E-state index in [1.165, 1.54) is 29.9 Å². The van der Waals surface area contributed by atoms with Gasteiger partial charge in [0.25, 0.3) is 5.91 Å². The molecule has 0 radical (unpaired) electrons. The summed E-state index contributed by atoms with van der Waals surface area (Å²) >= 11 is 1.38. The van der Waals surface area contributed by atoms with Crippen molar-refractivity contribution in [1.82, 2.24) is 19.9 Å². The van der Waals surface area contributed by atoms with Crippen LogP contribution in [-0.4, -0.2) is 67.2 Å². The van der Waals surface area contributed by atoms with Gasteiger partial charge in [0, 0.05) is 25.5 Å². The van der Waals surface area contributed by atoms with E-state index in [9.17, 15) is 4.79 Å². The van der Waals surface area contributed by atoms with E-state index in [2.05, 4.69) is 15.0 Å². The van der Waals surface area contributed by atoms with E-state index in [1.807, 2.05) is 25.1 Å². The monoisotopic (exact) mass is 423 g/mol. The Labute approximate surface area is 173 Å². The molecule has 3 aromatic rings. The minimum atomic E-state index is -0.248. The van der Waals surface area contributed by atoms with Crippen molar-refractivity contribution in [3.05, 3.63) is 36.4 Å². The summed E-state index contributed by atoms with van der Waals surface area (Å²) in [5.74, 6) is 1.07. The number of ether oxygens (including phenoxy) is 2. The molecule has 0 spiro atoms. The number of fused-ring (bicyclic) bond motifs is 1. The predicted molar refractivity (Wildman–Crippen MR) is 112 cm³/mol. The van der Waals surface area contributed by atoms with Gasteiger partial charge >= 0.3 is 0 Å². The third-order valence-corrected chi connectivity index (χ3v) is 5.02. The number of methoxy groups -OCH3 is 2. The van der Waals surface area contributed by atoms with Gasteiger partial charge in [0.15, 0.2) is 5.13 Å². The van der Waals surface area contributed by atoms with E-state index >= 15 is 0 Å². The molecule has 1 aromatic carbocycles. The highest BCUT2D eigenvalue weighted by molar-refractivity contribution is 7.22. The number of likely N-dealkylation sites (N-methyl/N-ethyl adjacent to an activating group) is 1. The van der Waals surface area contributed by atoms with E-state index in [0.717, 1.165) is 4.70 Å². The predicted octanol–water partition coefficient (Wildman–Crippen LogP) is 2.73. The van der Waals surface area contributed by atoms with Crippen LogP contribution >= 0.6 is 23.7 Å². The van der Waals surface area contributed by atoms with Crippen molar-refractivity contribution >= 4 is 45.0 Å². The summed E-state index contributed by atoms with van der Waals surface area (Å²) in [6.45, 7) is 1.14. The number of carbonyl (C=O) groups excluding carboxylic acids is 1. The number of rotatable bonds is 7. The average Bonchev–Trinajstić information content (AvgIpc) is 3.12. The normalized spacial score (nSPS) is 10.6. The number of nitrogens with zero attached hydrogens (tertiary/aromatic N) is 5. The summed E-state index contributed by atoms with van der Waals surface area (Å²) in [6, 6.07) is 3.64. The lowest BCUT2D eigenvalue weighted by Gasteiger charge is -2.21. The highest BCUT2D eigenvalue weighted by Crippen LogP contribution is 2.40. The molecular formula is C18H22ClN5O3S. The summed E-state index contributed by atoms with van der Waals surface area (Å²) in [5.41, 5.74) is 0.938. The second-order valence-electron chi connectivity index (χ2n) is 5.99. The molecule has 0 atom stereocenters. The van der Waals surface area contributed by atoms with Crippen LogP contribution in [0.25, 0.3) is 10.2 Å². The lowest BCUT2D eigenvalue weighted by Crippen LogP contribution is -2.37. The van der Waals surface area contributed by atoms with Gasteiger partial charge in [-0.2, -0.15) is 0 Å². The molecule has 0 bridgehead atoms. The molecule has 0 N–H and O–H groups in total. The van der Waals surface area contributed by atoms with Gasteiger partial charge in [0.1, 0.15) is 27.4 Å². The summed E-state index contributed by atoms with van der Waals surface area (Å²) < 4.78 is 11.7. The highest BCUT2D eigenvalue weighted by atomic mass is 35.5. The first-order valence-electron chi connectivity index (χ1n) is 8.29. The molecule has 1 amide bonds. The molecule has 3 rings (SSSR count). The number of anilines is 1. The zero-order valence-electron chi connectivity index (χ0n) is 16.1. The van der Waals surface area contributed by atoms with Crippen molar-refractivity contribution in [3.8, 4) is 11.5 Å². The molecule has 0 saturated carbocycles. The van der Waals surface area contributed by atoms with Crippen LogP contribution in [0.2, 0.25) is 0 Å². The average molecular weight is 424 g/mol. The van der Waals surface area contributed by atoms with Crippen molar-refractivity contribution < 1.29 is 14.3 Å². The quantitative estimate of drug-likeness (QED) is 0.577. The van der Waals surface area contributed by atoms with Crippen LogP contribution in [0.1, 0.15) is 10.5 Å². The van der Waals surface area contributed by atoms with E-state index < -0.39 is 0 Å². The molecule has 150 valence electrons. The largest absolute Gasteiger partial charge is 0.495 e. The van der Waals surface area contributed by atoms with Crippen LogP contribution in [0.5, 0.6) is 11.5 Å². The fraction of sp³-hybridized carbons (Fsp3) is 0.333. The molecule has 10 heteroatoms. The fourth-order valence-corrected chi connectivity index (χ4v) is 3.62. The SMILES string of the molecule is COc1ccc(OC)c2sc(N(CCN(C)C)C(=O)c3cnccn3)nc12.Cl. The van der Waals surface area contributed by atoms with Crippen LogP contribution < -0.4 is 14.4 Å². The Morgan fingerprint density at radius 2 is 1.82 bits per heavy atom. The van der Waals surface area contributed by atoms with E-state index in [4.69, 9.17) is 9.47 Å². The van der Waals surface area contributed by atoms with Gasteiger partial charge in [-0.3, -0.25) is 14.7 Å². The maximum Gasteiger partial charge on any atom is 0.280 e. The summed E-state index contributed by atoms with van der Waals surface area (Å²) in [7, 11) is 7.11. The van der Waals surface area contributed by atoms with Gasteiger partial charge in [-0.05, 0) is 26.2 Å². The van der Waals surface area contributed by atoms with Crippen LogP contribution in [0.15, 0.2) is 30.7 Å². The number of amides is 1. The molecule has 0 aliphatic carbocycles. The topological polar surface area (TPSA) is 80.7 Å². The van der Waals surface area contributed by atoms with Gasteiger partial charge in [0.2, 0.25) is 0 Å². The maximum atomic E-state index is 13.1. The smallest absolute Gasteiger partial charge is 0.280 e. The van der Waals surface area contributed by atoms with Gasteiger partial charge in [0.05, 0.1) is 20.4 Å². The molecule has 0 aliphatic rings. The van der Waals surface area contributed by atoms with E-state index in [1.54, 1.807) is 25.2 Å². The molecule has 28 heavy (non-hydrogen) atoms. The van der Waals surface area contributed by atoms with Crippen LogP contribution in [-0.2, 0) is 0 Å². The Morgan fingerprint density at radius 3 is 2.43 bits per heavy atom. The first-order valence-corrected chi connectivity index (χ1v) is 9.11. The minimum absolute atomic E-state index is 0. The lowest BCUT2D eigenvalue weighted by molar-refractivity contribution is 0.0980. The standard InChI is InChI=1S/C18H21N5O3S.ClH/c1-22(2)9-10-23(17(24)12-11-19-7-8-20-12)18-21-15-13(25-3)5-6-14(26-4)16(15)27-18;/h5-8,11H,9-10H2,1-4H3;1H. The van der Waals surface area contributed by atoms with Crippen LogP contribution in [0, 0.1) is 0 Å². The number of thiazole rings is 1. The van der Waals surface area contributed by atoms with E-state index in [-0.39, 0.29) is 24.0 Å². The molecule has 0 aliphatic heterocycles. The molecular weight excluding hydrogens is 402 g/mol. The first kappa shape index (κ1) is 21.8. The molecule has 8 nitrogen and oxygen atoms in total. The Morgan fingerprint density at radius 1 is 1.11 bits per heavy atom.